The van der Waals surface area contributed by atoms with Crippen molar-refractivity contribution in [2.75, 3.05) is 26.1 Å². The van der Waals surface area contributed by atoms with Crippen LogP contribution in [0, 0.1) is 5.92 Å². The first-order valence-corrected chi connectivity index (χ1v) is 13.9. The third kappa shape index (κ3) is 7.39. The van der Waals surface area contributed by atoms with E-state index >= 15 is 0 Å². The van der Waals surface area contributed by atoms with Crippen LogP contribution in [0.25, 0.3) is 22.4 Å². The first-order valence-electron chi connectivity index (χ1n) is 13.9. The van der Waals surface area contributed by atoms with Gasteiger partial charge in [0.2, 0.25) is 0 Å². The van der Waals surface area contributed by atoms with Crippen molar-refractivity contribution in [1.29, 1.82) is 0 Å². The number of benzene rings is 3. The molecule has 5 rings (SSSR count). The van der Waals surface area contributed by atoms with Crippen LogP contribution in [0.2, 0.25) is 0 Å². The van der Waals surface area contributed by atoms with Crippen LogP contribution in [0.5, 0.6) is 11.5 Å². The lowest BCUT2D eigenvalue weighted by atomic mass is 10.0. The van der Waals surface area contributed by atoms with E-state index in [1.807, 2.05) is 74.2 Å². The summed E-state index contributed by atoms with van der Waals surface area (Å²) in [6.07, 6.45) is 2.09. The van der Waals surface area contributed by atoms with Crippen LogP contribution < -0.4 is 14.8 Å². The molecule has 1 aliphatic rings. The Morgan fingerprint density at radius 2 is 1.66 bits per heavy atom. The molecule has 1 fully saturated rings. The van der Waals surface area contributed by atoms with Gasteiger partial charge in [-0.3, -0.25) is 5.10 Å². The molecular weight excluding hydrogens is 516 g/mol. The number of amides is 1. The van der Waals surface area contributed by atoms with E-state index in [4.69, 9.17) is 14.2 Å². The van der Waals surface area contributed by atoms with Crippen LogP contribution in [-0.2, 0) is 11.3 Å². The number of carbonyl (C=O) groups excluding carboxylic acids is 1. The highest BCUT2D eigenvalue weighted by molar-refractivity contribution is 5.75. The molecule has 1 aromatic heterocycles. The number of H-pyrrole nitrogens is 1. The van der Waals surface area contributed by atoms with Crippen molar-refractivity contribution in [3.05, 3.63) is 78.4 Å². The average Bonchev–Trinajstić information content (AvgIpc) is 3.67. The Kier molecular flexibility index (Phi) is 8.19. The molecule has 0 spiro atoms. The van der Waals surface area contributed by atoms with Crippen LogP contribution >= 0.6 is 0 Å². The summed E-state index contributed by atoms with van der Waals surface area (Å²) in [5, 5.41) is 10.9. The maximum absolute atomic E-state index is 12.8. The van der Waals surface area contributed by atoms with Crippen molar-refractivity contribution < 1.29 is 19.0 Å². The maximum Gasteiger partial charge on any atom is 0.410 e. The number of rotatable bonds is 10. The van der Waals surface area contributed by atoms with E-state index in [2.05, 4.69) is 39.8 Å². The van der Waals surface area contributed by atoms with E-state index in [1.54, 1.807) is 14.2 Å². The average molecular weight is 555 g/mol. The van der Waals surface area contributed by atoms with Gasteiger partial charge in [0, 0.05) is 36.5 Å². The first-order chi connectivity index (χ1) is 19.7. The molecule has 4 aromatic rings. The van der Waals surface area contributed by atoms with Crippen molar-refractivity contribution in [1.82, 2.24) is 15.1 Å². The van der Waals surface area contributed by atoms with Gasteiger partial charge in [-0.1, -0.05) is 36.4 Å². The van der Waals surface area contributed by atoms with Crippen LogP contribution in [0.3, 0.4) is 0 Å². The minimum absolute atomic E-state index is 0.258. The molecule has 1 saturated carbocycles. The number of ether oxygens (including phenoxy) is 3. The molecular formula is C33H38N4O4. The van der Waals surface area contributed by atoms with Crippen LogP contribution in [0.4, 0.5) is 16.3 Å². The Morgan fingerprint density at radius 1 is 0.951 bits per heavy atom. The second-order valence-electron chi connectivity index (χ2n) is 11.4. The largest absolute Gasteiger partial charge is 0.497 e. The third-order valence-electron chi connectivity index (χ3n) is 6.92. The highest BCUT2D eigenvalue weighted by Crippen LogP contribution is 2.35. The second-order valence-corrected chi connectivity index (χ2v) is 11.4. The number of nitrogens with one attached hydrogen (secondary N) is 2. The molecule has 0 aliphatic heterocycles. The number of aromatic amines is 1. The molecule has 0 unspecified atom stereocenters. The molecule has 0 saturated heterocycles. The quantitative estimate of drug-likeness (QED) is 0.209. The number of anilines is 2. The standard InChI is InChI=1S/C33H38N4O4/c1-33(2,3)41-32(38)37(20-22-6-7-22)21-23-8-14-26(15-9-23)34-31-19-29(35-36-31)25-12-10-24(11-13-25)28-17-16-27(39-4)18-30(28)40-5/h8-19,22H,6-7,20-21H2,1-5H3,(H2,34,35,36). The summed E-state index contributed by atoms with van der Waals surface area (Å²) >= 11 is 0. The number of hydrogen-bond acceptors (Lipinski definition) is 6. The van der Waals surface area contributed by atoms with Crippen molar-refractivity contribution in [2.24, 2.45) is 5.92 Å². The topological polar surface area (TPSA) is 88.7 Å². The Balaban J connectivity index is 1.22. The van der Waals surface area contributed by atoms with Crippen molar-refractivity contribution in [3.8, 4) is 33.9 Å². The molecule has 3 aromatic carbocycles. The van der Waals surface area contributed by atoms with E-state index in [0.717, 1.165) is 57.5 Å². The number of carbonyl (C=O) groups is 1. The summed E-state index contributed by atoms with van der Waals surface area (Å²) in [5.41, 5.74) is 5.44. The maximum atomic E-state index is 12.8. The fraction of sp³-hybridized carbons (Fsp3) is 0.333. The van der Waals surface area contributed by atoms with E-state index < -0.39 is 5.60 Å². The minimum atomic E-state index is -0.513. The molecule has 2 N–H and O–H groups in total. The van der Waals surface area contributed by atoms with Crippen molar-refractivity contribution in [3.63, 3.8) is 0 Å². The normalized spacial score (nSPS) is 13.0. The summed E-state index contributed by atoms with van der Waals surface area (Å²) in [6.45, 7) is 6.96. The predicted octanol–water partition coefficient (Wildman–Crippen LogP) is 7.65. The number of aromatic nitrogens is 2. The van der Waals surface area contributed by atoms with Gasteiger partial charge in [-0.2, -0.15) is 5.10 Å². The number of methoxy groups -OCH3 is 2. The first kappa shape index (κ1) is 28.1. The molecule has 41 heavy (non-hydrogen) atoms. The molecule has 1 heterocycles. The monoisotopic (exact) mass is 554 g/mol. The molecule has 8 heteroatoms. The zero-order valence-electron chi connectivity index (χ0n) is 24.4. The van der Waals surface area contributed by atoms with Gasteiger partial charge < -0.3 is 24.4 Å². The van der Waals surface area contributed by atoms with Gasteiger partial charge in [-0.05, 0) is 80.5 Å². The summed E-state index contributed by atoms with van der Waals surface area (Å²) in [5.74, 6) is 2.82. The van der Waals surface area contributed by atoms with Gasteiger partial charge in [0.1, 0.15) is 17.1 Å². The molecule has 0 bridgehead atoms. The van der Waals surface area contributed by atoms with Gasteiger partial charge in [0.05, 0.1) is 19.9 Å². The summed E-state index contributed by atoms with van der Waals surface area (Å²) < 4.78 is 16.5. The molecule has 214 valence electrons. The highest BCUT2D eigenvalue weighted by Gasteiger charge is 2.29. The predicted molar refractivity (Wildman–Crippen MR) is 162 cm³/mol. The van der Waals surface area contributed by atoms with Crippen LogP contribution in [-0.4, -0.2) is 47.6 Å². The molecule has 1 aliphatic carbocycles. The Hall–Kier alpha value is -4.46. The smallest absolute Gasteiger partial charge is 0.410 e. The number of nitrogens with zero attached hydrogens (tertiary/aromatic N) is 2. The van der Waals surface area contributed by atoms with E-state index in [-0.39, 0.29) is 6.09 Å². The minimum Gasteiger partial charge on any atom is -0.497 e. The van der Waals surface area contributed by atoms with Gasteiger partial charge in [-0.15, -0.1) is 0 Å². The summed E-state index contributed by atoms with van der Waals surface area (Å²) in [4.78, 5) is 14.6. The third-order valence-corrected chi connectivity index (χ3v) is 6.92. The highest BCUT2D eigenvalue weighted by atomic mass is 16.6. The van der Waals surface area contributed by atoms with Crippen LogP contribution in [0.1, 0.15) is 39.2 Å². The SMILES string of the molecule is COc1ccc(-c2ccc(-c3cc(Nc4ccc(CN(CC5CC5)C(=O)OC(C)(C)C)cc4)n[nH]3)cc2)c(OC)c1. The fourth-order valence-electron chi connectivity index (χ4n) is 4.60. The van der Waals surface area contributed by atoms with Crippen molar-refractivity contribution in [2.45, 2.75) is 45.8 Å². The zero-order valence-corrected chi connectivity index (χ0v) is 24.4. The van der Waals surface area contributed by atoms with E-state index in [0.29, 0.717) is 12.5 Å². The lowest BCUT2D eigenvalue weighted by Crippen LogP contribution is -2.37. The van der Waals surface area contributed by atoms with E-state index in [9.17, 15) is 4.79 Å². The lowest BCUT2D eigenvalue weighted by molar-refractivity contribution is 0.0224. The van der Waals surface area contributed by atoms with E-state index in [1.165, 1.54) is 12.8 Å². The molecule has 0 radical (unpaired) electrons. The zero-order chi connectivity index (χ0) is 29.0. The summed E-state index contributed by atoms with van der Waals surface area (Å²) in [7, 11) is 3.30. The Bertz CT molecular complexity index is 1470. The molecule has 8 nitrogen and oxygen atoms in total. The van der Waals surface area contributed by atoms with Crippen molar-refractivity contribution >= 4 is 17.6 Å². The Labute approximate surface area is 241 Å². The fourth-order valence-corrected chi connectivity index (χ4v) is 4.60. The van der Waals surface area contributed by atoms with Gasteiger partial charge in [-0.25, -0.2) is 4.79 Å². The summed E-state index contributed by atoms with van der Waals surface area (Å²) in [6, 6.07) is 24.1. The molecule has 1 amide bonds. The lowest BCUT2D eigenvalue weighted by Gasteiger charge is -2.27. The van der Waals surface area contributed by atoms with Crippen LogP contribution in [0.15, 0.2) is 72.8 Å². The van der Waals surface area contributed by atoms with Gasteiger partial charge in [0.25, 0.3) is 0 Å². The Morgan fingerprint density at radius 3 is 2.29 bits per heavy atom. The second kappa shape index (κ2) is 12.0. The molecule has 0 atom stereocenters. The van der Waals surface area contributed by atoms with Gasteiger partial charge >= 0.3 is 6.09 Å². The van der Waals surface area contributed by atoms with Gasteiger partial charge in [0.15, 0.2) is 5.82 Å². The number of hydrogen-bond donors (Lipinski definition) is 2.